The normalized spacial score (nSPS) is 11.8. The smallest absolute Gasteiger partial charge is 0.00520 e. The van der Waals surface area contributed by atoms with Gasteiger partial charge in [0.25, 0.3) is 0 Å². The summed E-state index contributed by atoms with van der Waals surface area (Å²) < 4.78 is 0. The Bertz CT molecular complexity index is 337. The first-order chi connectivity index (χ1) is 8.18. The molecule has 0 spiro atoms. The molecule has 0 aliphatic rings. The lowest BCUT2D eigenvalue weighted by molar-refractivity contribution is 0.378. The molecule has 96 valence electrons. The summed E-state index contributed by atoms with van der Waals surface area (Å²) >= 11 is 0. The molecule has 0 fully saturated rings. The Hall–Kier alpha value is -0.780. The fourth-order valence-corrected chi connectivity index (χ4v) is 3.20. The van der Waals surface area contributed by atoms with Crippen LogP contribution in [0.15, 0.2) is 18.2 Å². The highest BCUT2D eigenvalue weighted by atomic mass is 14.3. The number of benzene rings is 1. The Kier molecular flexibility index (Phi) is 5.24. The van der Waals surface area contributed by atoms with Gasteiger partial charge in [0.15, 0.2) is 0 Å². The summed E-state index contributed by atoms with van der Waals surface area (Å²) in [7, 11) is 0. The van der Waals surface area contributed by atoms with Crippen molar-refractivity contribution >= 4 is 0 Å². The lowest BCUT2D eigenvalue weighted by Crippen LogP contribution is -2.25. The van der Waals surface area contributed by atoms with Crippen LogP contribution in [0.5, 0.6) is 0 Å². The van der Waals surface area contributed by atoms with Crippen LogP contribution in [0.3, 0.4) is 0 Å². The van der Waals surface area contributed by atoms with Gasteiger partial charge in [-0.2, -0.15) is 0 Å². The van der Waals surface area contributed by atoms with Gasteiger partial charge in [-0.15, -0.1) is 0 Å². The Labute approximate surface area is 107 Å². The van der Waals surface area contributed by atoms with Crippen molar-refractivity contribution in [1.29, 1.82) is 0 Å². The minimum absolute atomic E-state index is 0.399. The summed E-state index contributed by atoms with van der Waals surface area (Å²) in [5.74, 6) is 0. The van der Waals surface area contributed by atoms with E-state index in [0.717, 1.165) is 6.42 Å². The fourth-order valence-electron chi connectivity index (χ4n) is 3.20. The van der Waals surface area contributed by atoms with Crippen molar-refractivity contribution < 1.29 is 0 Å². The molecule has 0 atom stereocenters. The third-order valence-corrected chi connectivity index (χ3v) is 4.61. The van der Waals surface area contributed by atoms with E-state index in [1.54, 1.807) is 16.7 Å². The van der Waals surface area contributed by atoms with E-state index in [1.807, 2.05) is 0 Å². The Balaban J connectivity index is 3.37. The molecule has 0 bridgehead atoms. The molecule has 1 aromatic rings. The van der Waals surface area contributed by atoms with Crippen LogP contribution in [0, 0.1) is 0 Å². The molecule has 0 amide bonds. The highest BCUT2D eigenvalue weighted by Gasteiger charge is 2.28. The number of rotatable bonds is 6. The monoisotopic (exact) mass is 232 g/mol. The molecule has 0 heterocycles. The molecule has 0 heteroatoms. The van der Waals surface area contributed by atoms with Gasteiger partial charge in [-0.3, -0.25) is 0 Å². The van der Waals surface area contributed by atoms with Crippen molar-refractivity contribution in [2.24, 2.45) is 0 Å². The van der Waals surface area contributed by atoms with Gasteiger partial charge >= 0.3 is 0 Å². The average molecular weight is 232 g/mol. The van der Waals surface area contributed by atoms with Crippen LogP contribution >= 0.6 is 0 Å². The summed E-state index contributed by atoms with van der Waals surface area (Å²) in [5.41, 5.74) is 5.17. The molecule has 0 unspecified atom stereocenters. The zero-order valence-corrected chi connectivity index (χ0v) is 12.3. The summed E-state index contributed by atoms with van der Waals surface area (Å²) in [4.78, 5) is 0. The quantitative estimate of drug-likeness (QED) is 0.626. The van der Waals surface area contributed by atoms with Gasteiger partial charge in [-0.05, 0) is 54.2 Å². The van der Waals surface area contributed by atoms with Crippen LogP contribution in [0.1, 0.15) is 70.6 Å². The predicted molar refractivity (Wildman–Crippen MR) is 77.7 cm³/mol. The van der Waals surface area contributed by atoms with Gasteiger partial charge in [0.1, 0.15) is 0 Å². The number of hydrogen-bond donors (Lipinski definition) is 0. The molecule has 0 radical (unpaired) electrons. The molecule has 0 aromatic heterocycles. The average Bonchev–Trinajstić information content (AvgIpc) is 2.41. The summed E-state index contributed by atoms with van der Waals surface area (Å²) in [5, 5.41) is 0. The number of aryl methyl sites for hydroxylation is 1. The topological polar surface area (TPSA) is 0 Å². The maximum atomic E-state index is 2.37. The third kappa shape index (κ3) is 2.56. The highest BCUT2D eigenvalue weighted by Crippen LogP contribution is 2.38. The Morgan fingerprint density at radius 2 is 1.41 bits per heavy atom. The first kappa shape index (κ1) is 14.3. The second-order valence-electron chi connectivity index (χ2n) is 4.99. The van der Waals surface area contributed by atoms with E-state index < -0.39 is 0 Å². The van der Waals surface area contributed by atoms with E-state index in [1.165, 1.54) is 25.7 Å². The molecular weight excluding hydrogens is 204 g/mol. The molecule has 1 aromatic carbocycles. The third-order valence-electron chi connectivity index (χ3n) is 4.61. The zero-order valence-electron chi connectivity index (χ0n) is 12.3. The van der Waals surface area contributed by atoms with E-state index in [2.05, 4.69) is 52.8 Å². The van der Waals surface area contributed by atoms with Crippen molar-refractivity contribution in [2.45, 2.75) is 72.1 Å². The minimum atomic E-state index is 0.399. The second kappa shape index (κ2) is 6.23. The lowest BCUT2D eigenvalue weighted by Gasteiger charge is -2.34. The summed E-state index contributed by atoms with van der Waals surface area (Å²) in [6, 6.07) is 6.92. The second-order valence-corrected chi connectivity index (χ2v) is 4.99. The first-order valence-corrected chi connectivity index (χ1v) is 7.30. The Morgan fingerprint density at radius 1 is 0.824 bits per heavy atom. The predicted octanol–water partition coefficient (Wildman–Crippen LogP) is 5.28. The molecule has 0 aliphatic heterocycles. The van der Waals surface area contributed by atoms with Crippen molar-refractivity contribution in [2.75, 3.05) is 0 Å². The maximum absolute atomic E-state index is 2.37. The molecule has 17 heavy (non-hydrogen) atoms. The van der Waals surface area contributed by atoms with Crippen molar-refractivity contribution in [3.05, 3.63) is 34.9 Å². The van der Waals surface area contributed by atoms with Gasteiger partial charge in [0, 0.05) is 0 Å². The Morgan fingerprint density at radius 3 is 1.82 bits per heavy atom. The van der Waals surface area contributed by atoms with Crippen LogP contribution in [0.25, 0.3) is 0 Å². The van der Waals surface area contributed by atoms with Crippen LogP contribution in [0.2, 0.25) is 0 Å². The van der Waals surface area contributed by atoms with E-state index in [-0.39, 0.29) is 0 Å². The van der Waals surface area contributed by atoms with Gasteiger partial charge in [0.05, 0.1) is 0 Å². The van der Waals surface area contributed by atoms with Crippen LogP contribution in [0.4, 0.5) is 0 Å². The molecule has 0 saturated carbocycles. The van der Waals surface area contributed by atoms with Gasteiger partial charge in [0.2, 0.25) is 0 Å². The lowest BCUT2D eigenvalue weighted by atomic mass is 9.71. The van der Waals surface area contributed by atoms with Crippen molar-refractivity contribution in [1.82, 2.24) is 0 Å². The standard InChI is InChI=1S/C17H28/c1-6-14-12-11-13-16(15(14)7-2)17(8-3,9-4)10-5/h11-13H,6-10H2,1-5H3. The van der Waals surface area contributed by atoms with Crippen LogP contribution in [-0.2, 0) is 18.3 Å². The highest BCUT2D eigenvalue weighted by molar-refractivity contribution is 5.40. The van der Waals surface area contributed by atoms with Crippen molar-refractivity contribution in [3.8, 4) is 0 Å². The largest absolute Gasteiger partial charge is 0.0645 e. The molecular formula is C17H28. The fraction of sp³-hybridized carbons (Fsp3) is 0.647. The SMILES string of the molecule is CCc1cccc(C(CC)(CC)CC)c1CC. The number of hydrogen-bond acceptors (Lipinski definition) is 0. The van der Waals surface area contributed by atoms with E-state index in [9.17, 15) is 0 Å². The molecule has 1 rings (SSSR count). The zero-order chi connectivity index (χ0) is 12.9. The van der Waals surface area contributed by atoms with Crippen molar-refractivity contribution in [3.63, 3.8) is 0 Å². The van der Waals surface area contributed by atoms with E-state index in [0.29, 0.717) is 5.41 Å². The first-order valence-electron chi connectivity index (χ1n) is 7.30. The van der Waals surface area contributed by atoms with Crippen LogP contribution in [-0.4, -0.2) is 0 Å². The van der Waals surface area contributed by atoms with Gasteiger partial charge in [-0.25, -0.2) is 0 Å². The summed E-state index contributed by atoms with van der Waals surface area (Å²) in [6.07, 6.45) is 6.08. The molecule has 0 nitrogen and oxygen atoms in total. The molecule has 0 aliphatic carbocycles. The van der Waals surface area contributed by atoms with E-state index in [4.69, 9.17) is 0 Å². The van der Waals surface area contributed by atoms with E-state index >= 15 is 0 Å². The molecule has 0 saturated heterocycles. The van der Waals surface area contributed by atoms with Gasteiger partial charge in [-0.1, -0.05) is 52.8 Å². The minimum Gasteiger partial charge on any atom is -0.0645 e. The summed E-state index contributed by atoms with van der Waals surface area (Å²) in [6.45, 7) is 11.6. The van der Waals surface area contributed by atoms with Crippen LogP contribution < -0.4 is 0 Å². The van der Waals surface area contributed by atoms with Gasteiger partial charge < -0.3 is 0 Å². The maximum Gasteiger partial charge on any atom is -0.00520 e. The molecule has 0 N–H and O–H groups in total.